The van der Waals surface area contributed by atoms with E-state index in [4.69, 9.17) is 5.26 Å². The Morgan fingerprint density at radius 2 is 2.37 bits per heavy atom. The number of thiophene rings is 2. The Kier molecular flexibility index (Phi) is 6.37. The summed E-state index contributed by atoms with van der Waals surface area (Å²) in [4.78, 5) is 13.8. The molecule has 1 aliphatic rings. The molecule has 0 bridgehead atoms. The standard InChI is InChI=1S/C21H21N5OS3/c1-3-7-26-19(16-11-29-17-9-13(2)4-5-15(16)17)24-25-21(26)30-12-18(27)23-20-14(10-22)6-8-28-20/h3,6,8,11,13H,1,4-5,7,9,12H2,2H3,(H,23,27). The molecule has 3 heterocycles. The van der Waals surface area contributed by atoms with Crippen LogP contribution < -0.4 is 5.32 Å². The number of allylic oxidation sites excluding steroid dienone is 1. The maximum atomic E-state index is 12.4. The Labute approximate surface area is 187 Å². The third-order valence-corrected chi connectivity index (χ3v) is 7.89. The maximum absolute atomic E-state index is 12.4. The van der Waals surface area contributed by atoms with E-state index in [9.17, 15) is 4.79 Å². The number of hydrogen-bond acceptors (Lipinski definition) is 7. The smallest absolute Gasteiger partial charge is 0.235 e. The first-order chi connectivity index (χ1) is 14.6. The van der Waals surface area contributed by atoms with Crippen molar-refractivity contribution in [1.82, 2.24) is 14.8 Å². The van der Waals surface area contributed by atoms with Crippen LogP contribution in [-0.2, 0) is 24.2 Å². The van der Waals surface area contributed by atoms with Gasteiger partial charge in [0.05, 0.1) is 11.3 Å². The number of aromatic nitrogens is 3. The molecule has 3 aromatic rings. The fraction of sp³-hybridized carbons (Fsp3) is 0.333. The monoisotopic (exact) mass is 455 g/mol. The fourth-order valence-electron chi connectivity index (χ4n) is 3.54. The first kappa shape index (κ1) is 20.8. The van der Waals surface area contributed by atoms with Gasteiger partial charge in [-0.05, 0) is 42.2 Å². The summed E-state index contributed by atoms with van der Waals surface area (Å²) >= 11 is 4.49. The molecule has 0 saturated heterocycles. The SMILES string of the molecule is C=CCn1c(SCC(=O)Nc2sccc2C#N)nnc1-c1csc2c1CCC(C)C2. The van der Waals surface area contributed by atoms with Gasteiger partial charge in [0.2, 0.25) is 5.91 Å². The lowest BCUT2D eigenvalue weighted by Crippen LogP contribution is -2.14. The van der Waals surface area contributed by atoms with E-state index in [1.54, 1.807) is 11.4 Å². The molecule has 9 heteroatoms. The number of nitrogens with zero attached hydrogens (tertiary/aromatic N) is 4. The molecule has 1 aliphatic carbocycles. The molecule has 4 rings (SSSR count). The van der Waals surface area contributed by atoms with Crippen molar-refractivity contribution in [3.05, 3.63) is 45.5 Å². The van der Waals surface area contributed by atoms with Crippen LogP contribution >= 0.6 is 34.4 Å². The number of fused-ring (bicyclic) bond motifs is 1. The van der Waals surface area contributed by atoms with Crippen LogP contribution in [0.5, 0.6) is 0 Å². The number of anilines is 1. The van der Waals surface area contributed by atoms with Crippen LogP contribution in [0.25, 0.3) is 11.4 Å². The second-order valence-corrected chi connectivity index (χ2v) is 10.0. The van der Waals surface area contributed by atoms with Crippen molar-refractivity contribution >= 4 is 45.3 Å². The third kappa shape index (κ3) is 4.21. The number of nitrogens with one attached hydrogen (secondary N) is 1. The summed E-state index contributed by atoms with van der Waals surface area (Å²) in [5.41, 5.74) is 3.03. The minimum Gasteiger partial charge on any atom is -0.316 e. The van der Waals surface area contributed by atoms with Gasteiger partial charge in [0.1, 0.15) is 11.1 Å². The topological polar surface area (TPSA) is 83.6 Å². The summed E-state index contributed by atoms with van der Waals surface area (Å²) in [6, 6.07) is 3.78. The second kappa shape index (κ2) is 9.16. The van der Waals surface area contributed by atoms with E-state index in [1.165, 1.54) is 40.0 Å². The summed E-state index contributed by atoms with van der Waals surface area (Å²) in [6.07, 6.45) is 5.22. The highest BCUT2D eigenvalue weighted by Gasteiger charge is 2.24. The summed E-state index contributed by atoms with van der Waals surface area (Å²) in [7, 11) is 0. The molecule has 1 atom stereocenters. The molecule has 1 N–H and O–H groups in total. The van der Waals surface area contributed by atoms with E-state index in [-0.39, 0.29) is 11.7 Å². The number of hydrogen-bond donors (Lipinski definition) is 1. The van der Waals surface area contributed by atoms with Crippen LogP contribution in [0.1, 0.15) is 29.3 Å². The number of carbonyl (C=O) groups is 1. The molecular weight excluding hydrogens is 434 g/mol. The molecule has 0 fully saturated rings. The molecule has 0 saturated carbocycles. The Bertz CT molecular complexity index is 1120. The van der Waals surface area contributed by atoms with Gasteiger partial charge in [0, 0.05) is 22.4 Å². The number of rotatable bonds is 7. The molecule has 3 aromatic heterocycles. The number of thioether (sulfide) groups is 1. The lowest BCUT2D eigenvalue weighted by molar-refractivity contribution is -0.113. The molecule has 0 spiro atoms. The van der Waals surface area contributed by atoms with Gasteiger partial charge in [-0.25, -0.2) is 0 Å². The average molecular weight is 456 g/mol. The van der Waals surface area contributed by atoms with E-state index < -0.39 is 0 Å². The van der Waals surface area contributed by atoms with Crippen molar-refractivity contribution in [1.29, 1.82) is 5.26 Å². The Balaban J connectivity index is 1.51. The van der Waals surface area contributed by atoms with Gasteiger partial charge in [-0.15, -0.1) is 39.4 Å². The lowest BCUT2D eigenvalue weighted by atomic mass is 9.88. The second-order valence-electron chi connectivity index (χ2n) is 7.22. The first-order valence-corrected chi connectivity index (χ1v) is 12.4. The van der Waals surface area contributed by atoms with Crippen molar-refractivity contribution in [3.8, 4) is 17.5 Å². The summed E-state index contributed by atoms with van der Waals surface area (Å²) < 4.78 is 2.02. The normalized spacial score (nSPS) is 15.4. The quantitative estimate of drug-likeness (QED) is 0.401. The average Bonchev–Trinajstić information content (AvgIpc) is 3.45. The zero-order chi connectivity index (χ0) is 21.1. The maximum Gasteiger partial charge on any atom is 0.235 e. The molecule has 30 heavy (non-hydrogen) atoms. The van der Waals surface area contributed by atoms with Crippen molar-refractivity contribution in [2.75, 3.05) is 11.1 Å². The first-order valence-electron chi connectivity index (χ1n) is 9.64. The number of amides is 1. The van der Waals surface area contributed by atoms with Crippen LogP contribution in [0.4, 0.5) is 5.00 Å². The lowest BCUT2D eigenvalue weighted by Gasteiger charge is -2.19. The highest BCUT2D eigenvalue weighted by Crippen LogP contribution is 2.38. The molecule has 6 nitrogen and oxygen atoms in total. The van der Waals surface area contributed by atoms with E-state index >= 15 is 0 Å². The highest BCUT2D eigenvalue weighted by molar-refractivity contribution is 7.99. The van der Waals surface area contributed by atoms with Crippen LogP contribution in [0.3, 0.4) is 0 Å². The largest absolute Gasteiger partial charge is 0.316 e. The van der Waals surface area contributed by atoms with Crippen LogP contribution in [-0.4, -0.2) is 26.4 Å². The van der Waals surface area contributed by atoms with Crippen LogP contribution in [0.15, 0.2) is 34.6 Å². The molecule has 0 aromatic carbocycles. The van der Waals surface area contributed by atoms with E-state index in [2.05, 4.69) is 40.5 Å². The Hall–Kier alpha value is -2.41. The van der Waals surface area contributed by atoms with Gasteiger partial charge >= 0.3 is 0 Å². The molecule has 0 radical (unpaired) electrons. The molecule has 1 unspecified atom stereocenters. The number of nitriles is 1. The van der Waals surface area contributed by atoms with Crippen LogP contribution in [0, 0.1) is 17.2 Å². The summed E-state index contributed by atoms with van der Waals surface area (Å²) in [6.45, 7) is 6.75. The predicted octanol–water partition coefficient (Wildman–Crippen LogP) is 4.98. The van der Waals surface area contributed by atoms with Gasteiger partial charge in [-0.3, -0.25) is 9.36 Å². The zero-order valence-corrected chi connectivity index (χ0v) is 19.0. The van der Waals surface area contributed by atoms with Crippen molar-refractivity contribution in [2.45, 2.75) is 37.9 Å². The van der Waals surface area contributed by atoms with Gasteiger partial charge in [0.25, 0.3) is 0 Å². The van der Waals surface area contributed by atoms with E-state index in [0.717, 1.165) is 30.1 Å². The summed E-state index contributed by atoms with van der Waals surface area (Å²) in [5.74, 6) is 1.59. The predicted molar refractivity (Wildman–Crippen MR) is 123 cm³/mol. The van der Waals surface area contributed by atoms with E-state index in [0.29, 0.717) is 22.3 Å². The highest BCUT2D eigenvalue weighted by atomic mass is 32.2. The van der Waals surface area contributed by atoms with Gasteiger partial charge in [-0.1, -0.05) is 24.8 Å². The van der Waals surface area contributed by atoms with E-state index in [1.807, 2.05) is 22.0 Å². The molecule has 154 valence electrons. The Morgan fingerprint density at radius 3 is 3.17 bits per heavy atom. The fourth-order valence-corrected chi connectivity index (χ4v) is 6.28. The van der Waals surface area contributed by atoms with Gasteiger partial charge in [0.15, 0.2) is 11.0 Å². The Morgan fingerprint density at radius 1 is 1.50 bits per heavy atom. The van der Waals surface area contributed by atoms with Crippen molar-refractivity contribution in [3.63, 3.8) is 0 Å². The van der Waals surface area contributed by atoms with Crippen LogP contribution in [0.2, 0.25) is 0 Å². The molecule has 0 aliphatic heterocycles. The third-order valence-electron chi connectivity index (χ3n) is 5.04. The summed E-state index contributed by atoms with van der Waals surface area (Å²) in [5, 5.41) is 26.0. The van der Waals surface area contributed by atoms with Crippen molar-refractivity contribution < 1.29 is 4.79 Å². The zero-order valence-electron chi connectivity index (χ0n) is 16.6. The molecular formula is C21H21N5OS3. The van der Waals surface area contributed by atoms with Gasteiger partial charge in [-0.2, -0.15) is 5.26 Å². The minimum atomic E-state index is -0.171. The molecule has 1 amide bonds. The van der Waals surface area contributed by atoms with Gasteiger partial charge < -0.3 is 5.32 Å². The number of carbonyl (C=O) groups excluding carboxylic acids is 1. The van der Waals surface area contributed by atoms with Crippen molar-refractivity contribution in [2.24, 2.45) is 5.92 Å². The minimum absolute atomic E-state index is 0.171.